The van der Waals surface area contributed by atoms with Gasteiger partial charge in [0.25, 0.3) is 0 Å². The van der Waals surface area contributed by atoms with Gasteiger partial charge in [-0.2, -0.15) is 0 Å². The topological polar surface area (TPSA) is 96.2 Å². The molecular formula is C18H17FN6OS. The van der Waals surface area contributed by atoms with Crippen molar-refractivity contribution in [3.63, 3.8) is 0 Å². The van der Waals surface area contributed by atoms with Crippen LogP contribution in [0.15, 0.2) is 48.1 Å². The molecule has 1 aromatic carbocycles. The normalized spacial score (nSPS) is 19.0. The van der Waals surface area contributed by atoms with Crippen LogP contribution in [0, 0.1) is 5.82 Å². The van der Waals surface area contributed by atoms with E-state index in [0.717, 1.165) is 17.0 Å². The van der Waals surface area contributed by atoms with Gasteiger partial charge in [0, 0.05) is 18.0 Å². The zero-order chi connectivity index (χ0) is 19.0. The van der Waals surface area contributed by atoms with Crippen molar-refractivity contribution in [3.05, 3.63) is 65.2 Å². The lowest BCUT2D eigenvalue weighted by atomic mass is 10.1. The van der Waals surface area contributed by atoms with Crippen molar-refractivity contribution in [2.45, 2.75) is 18.5 Å². The molecule has 0 aliphatic carbocycles. The summed E-state index contributed by atoms with van der Waals surface area (Å²) < 4.78 is 13.3. The number of carbonyl (C=O) groups excluding carboxylic acids is 1. The molecule has 2 atom stereocenters. The van der Waals surface area contributed by atoms with Crippen LogP contribution >= 0.6 is 11.8 Å². The Morgan fingerprint density at radius 1 is 1.37 bits per heavy atom. The number of halogens is 1. The van der Waals surface area contributed by atoms with Crippen LogP contribution in [0.25, 0.3) is 11.4 Å². The molecule has 2 unspecified atom stereocenters. The van der Waals surface area contributed by atoms with Crippen LogP contribution in [0.1, 0.15) is 18.2 Å². The van der Waals surface area contributed by atoms with Crippen molar-refractivity contribution < 1.29 is 9.18 Å². The maximum absolute atomic E-state index is 13.3. The van der Waals surface area contributed by atoms with Crippen LogP contribution in [0.5, 0.6) is 0 Å². The summed E-state index contributed by atoms with van der Waals surface area (Å²) in [5, 5.41) is 8.33. The molecule has 0 fully saturated rings. The van der Waals surface area contributed by atoms with Crippen molar-refractivity contribution >= 4 is 35.0 Å². The second-order valence-electron chi connectivity index (χ2n) is 6.09. The highest BCUT2D eigenvalue weighted by atomic mass is 32.2. The second-order valence-corrected chi connectivity index (χ2v) is 7.08. The number of nitrogens with one attached hydrogen (secondary N) is 2. The van der Waals surface area contributed by atoms with Crippen LogP contribution in [-0.4, -0.2) is 32.3 Å². The molecule has 7 nitrogen and oxygen atoms in total. The smallest absolute Gasteiger partial charge is 0.239 e. The number of anilines is 1. The first-order chi connectivity index (χ1) is 13.0. The Morgan fingerprint density at radius 2 is 2.15 bits per heavy atom. The fourth-order valence-electron chi connectivity index (χ4n) is 2.86. The fourth-order valence-corrected chi connectivity index (χ4v) is 3.70. The molecule has 2 aromatic rings. The Labute approximate surface area is 159 Å². The van der Waals surface area contributed by atoms with Crippen molar-refractivity contribution in [1.82, 2.24) is 20.2 Å². The van der Waals surface area contributed by atoms with Crippen molar-refractivity contribution in [2.24, 2.45) is 5.73 Å². The summed E-state index contributed by atoms with van der Waals surface area (Å²) in [6, 6.07) is 7.50. The molecule has 138 valence electrons. The number of thioether (sulfide) groups is 1. The Kier molecular flexibility index (Phi) is 4.44. The van der Waals surface area contributed by atoms with E-state index in [-0.39, 0.29) is 11.3 Å². The van der Waals surface area contributed by atoms with Gasteiger partial charge < -0.3 is 21.3 Å². The summed E-state index contributed by atoms with van der Waals surface area (Å²) in [6.45, 7) is 1.65. The minimum Gasteiger partial charge on any atom is -0.368 e. The quantitative estimate of drug-likeness (QED) is 0.727. The van der Waals surface area contributed by atoms with E-state index < -0.39 is 11.9 Å². The van der Waals surface area contributed by atoms with Crippen molar-refractivity contribution in [2.75, 3.05) is 5.32 Å². The minimum absolute atomic E-state index is 0.0102. The first-order valence-corrected chi connectivity index (χ1v) is 9.24. The molecule has 0 saturated heterocycles. The molecule has 0 spiro atoms. The summed E-state index contributed by atoms with van der Waals surface area (Å²) in [5.74, 6) is -0.469. The number of primary amides is 1. The number of carbonyl (C=O) groups is 1. The minimum atomic E-state index is -0.595. The Morgan fingerprint density at radius 3 is 2.89 bits per heavy atom. The summed E-state index contributed by atoms with van der Waals surface area (Å²) in [4.78, 5) is 22.1. The van der Waals surface area contributed by atoms with Gasteiger partial charge in [-0.05, 0) is 42.7 Å². The average molecular weight is 384 g/mol. The number of benzene rings is 1. The van der Waals surface area contributed by atoms with Gasteiger partial charge in [0.2, 0.25) is 11.9 Å². The Balaban J connectivity index is 1.76. The summed E-state index contributed by atoms with van der Waals surface area (Å²) in [5.41, 5.74) is 8.54. The zero-order valence-corrected chi connectivity index (χ0v) is 15.2. The SMILES string of the molecule is CC(Nc1nccc(C2=C(c3ccc(F)cc3)NC3SC=CN23)n1)C(N)=O. The standard InChI is InChI=1S/C18H17FN6OS/c1-10(16(20)26)22-17-21-7-6-13(23-17)15-14(11-2-4-12(19)5-3-11)24-18-25(15)8-9-27-18/h2-10,18,24H,1H3,(H2,20,26)(H,21,22,23). The van der Waals surface area contributed by atoms with Crippen LogP contribution in [-0.2, 0) is 4.79 Å². The summed E-state index contributed by atoms with van der Waals surface area (Å²) in [6.07, 6.45) is 3.59. The Bertz CT molecular complexity index is 945. The molecule has 0 bridgehead atoms. The van der Waals surface area contributed by atoms with E-state index in [9.17, 15) is 9.18 Å². The zero-order valence-electron chi connectivity index (χ0n) is 14.4. The van der Waals surface area contributed by atoms with Crippen LogP contribution in [0.2, 0.25) is 0 Å². The number of aromatic nitrogens is 2. The van der Waals surface area contributed by atoms with Crippen LogP contribution < -0.4 is 16.4 Å². The molecule has 4 N–H and O–H groups in total. The maximum atomic E-state index is 13.3. The molecule has 0 saturated carbocycles. The first kappa shape index (κ1) is 17.3. The van der Waals surface area contributed by atoms with E-state index in [0.29, 0.717) is 11.6 Å². The van der Waals surface area contributed by atoms with Gasteiger partial charge in [-0.1, -0.05) is 11.8 Å². The molecule has 2 aliphatic heterocycles. The van der Waals surface area contributed by atoms with Crippen molar-refractivity contribution in [1.29, 1.82) is 0 Å². The third-order valence-electron chi connectivity index (χ3n) is 4.25. The number of hydrogen-bond donors (Lipinski definition) is 3. The van der Waals surface area contributed by atoms with Gasteiger partial charge in [0.15, 0.2) is 5.50 Å². The van der Waals surface area contributed by atoms with Gasteiger partial charge in [-0.15, -0.1) is 0 Å². The highest BCUT2D eigenvalue weighted by Gasteiger charge is 2.35. The van der Waals surface area contributed by atoms with Gasteiger partial charge in [0.1, 0.15) is 11.9 Å². The molecule has 2 aliphatic rings. The average Bonchev–Trinajstić information content (AvgIpc) is 3.23. The summed E-state index contributed by atoms with van der Waals surface area (Å²) >= 11 is 1.63. The molecule has 4 rings (SSSR count). The van der Waals surface area contributed by atoms with E-state index in [4.69, 9.17) is 5.73 Å². The van der Waals surface area contributed by atoms with E-state index in [1.54, 1.807) is 43.1 Å². The molecule has 27 heavy (non-hydrogen) atoms. The molecule has 0 radical (unpaired) electrons. The number of hydrogen-bond acceptors (Lipinski definition) is 7. The predicted molar refractivity (Wildman–Crippen MR) is 103 cm³/mol. The maximum Gasteiger partial charge on any atom is 0.239 e. The van der Waals surface area contributed by atoms with Crippen molar-refractivity contribution in [3.8, 4) is 0 Å². The van der Waals surface area contributed by atoms with E-state index >= 15 is 0 Å². The fraction of sp³-hybridized carbons (Fsp3) is 0.167. The van der Waals surface area contributed by atoms with Gasteiger partial charge in [-0.25, -0.2) is 14.4 Å². The Hall–Kier alpha value is -3.07. The molecule has 1 amide bonds. The molecule has 1 aromatic heterocycles. The van der Waals surface area contributed by atoms with Gasteiger partial charge in [-0.3, -0.25) is 4.79 Å². The summed E-state index contributed by atoms with van der Waals surface area (Å²) in [7, 11) is 0. The van der Waals surface area contributed by atoms with E-state index in [1.165, 1.54) is 12.1 Å². The first-order valence-electron chi connectivity index (χ1n) is 8.29. The monoisotopic (exact) mass is 384 g/mol. The molecular weight excluding hydrogens is 367 g/mol. The highest BCUT2D eigenvalue weighted by molar-refractivity contribution is 8.02. The largest absolute Gasteiger partial charge is 0.368 e. The van der Waals surface area contributed by atoms with Crippen LogP contribution in [0.4, 0.5) is 10.3 Å². The lowest BCUT2D eigenvalue weighted by Crippen LogP contribution is -2.33. The second kappa shape index (κ2) is 6.92. The number of nitrogens with zero attached hydrogens (tertiary/aromatic N) is 3. The lowest BCUT2D eigenvalue weighted by molar-refractivity contribution is -0.118. The number of fused-ring (bicyclic) bond motifs is 1. The third-order valence-corrected chi connectivity index (χ3v) is 5.13. The number of nitrogens with two attached hydrogens (primary N) is 1. The predicted octanol–water partition coefficient (Wildman–Crippen LogP) is 2.13. The van der Waals surface area contributed by atoms with E-state index in [1.807, 2.05) is 11.6 Å². The highest BCUT2D eigenvalue weighted by Crippen LogP contribution is 2.41. The van der Waals surface area contributed by atoms with E-state index in [2.05, 4.69) is 25.5 Å². The lowest BCUT2D eigenvalue weighted by Gasteiger charge is -2.18. The molecule has 9 heteroatoms. The number of rotatable bonds is 5. The van der Waals surface area contributed by atoms with Crippen LogP contribution in [0.3, 0.4) is 0 Å². The number of amides is 1. The van der Waals surface area contributed by atoms with Gasteiger partial charge >= 0.3 is 0 Å². The molecule has 3 heterocycles. The third kappa shape index (κ3) is 3.33. The van der Waals surface area contributed by atoms with Gasteiger partial charge in [0.05, 0.1) is 17.1 Å².